The molecule has 1 unspecified atom stereocenters. The van der Waals surface area contributed by atoms with Gasteiger partial charge in [0, 0.05) is 0 Å². The number of nitrogens with one attached hydrogen (secondary N) is 1. The Balaban J connectivity index is 2.41. The molecular formula is C13H14N2O4. The van der Waals surface area contributed by atoms with Gasteiger partial charge in [0.2, 0.25) is 0 Å². The number of carboxylic acid groups (broad SMARTS) is 1. The summed E-state index contributed by atoms with van der Waals surface area (Å²) in [6.07, 6.45) is 0. The first kappa shape index (κ1) is 13.1. The lowest BCUT2D eigenvalue weighted by Crippen LogP contribution is -2.34. The average molecular weight is 262 g/mol. The Morgan fingerprint density at radius 1 is 1.37 bits per heavy atom. The second-order valence-corrected chi connectivity index (χ2v) is 4.53. The lowest BCUT2D eigenvalue weighted by molar-refractivity contribution is -0.138. The summed E-state index contributed by atoms with van der Waals surface area (Å²) >= 11 is 0. The van der Waals surface area contributed by atoms with E-state index in [1.54, 1.807) is 38.1 Å². The minimum absolute atomic E-state index is 0.0789. The molecule has 1 aromatic carbocycles. The lowest BCUT2D eigenvalue weighted by Gasteiger charge is -2.17. The maximum absolute atomic E-state index is 11.7. The van der Waals surface area contributed by atoms with Gasteiger partial charge in [-0.05, 0) is 18.1 Å². The van der Waals surface area contributed by atoms with E-state index in [1.165, 1.54) is 0 Å². The molecule has 0 aliphatic heterocycles. The van der Waals surface area contributed by atoms with Crippen molar-refractivity contribution in [1.29, 1.82) is 0 Å². The van der Waals surface area contributed by atoms with Crippen molar-refractivity contribution in [3.63, 3.8) is 0 Å². The van der Waals surface area contributed by atoms with Crippen molar-refractivity contribution in [3.05, 3.63) is 34.7 Å². The molecule has 1 aromatic heterocycles. The van der Waals surface area contributed by atoms with Gasteiger partial charge in [-0.2, -0.15) is 4.98 Å². The van der Waals surface area contributed by atoms with Crippen LogP contribution in [0.3, 0.4) is 0 Å². The fraction of sp³-hybridized carbons (Fsp3) is 0.308. The summed E-state index contributed by atoms with van der Waals surface area (Å²) in [7, 11) is 0. The Bertz CT molecular complexity index is 663. The first-order valence-electron chi connectivity index (χ1n) is 5.88. The van der Waals surface area contributed by atoms with Crippen LogP contribution in [-0.2, 0) is 4.79 Å². The van der Waals surface area contributed by atoms with Crippen molar-refractivity contribution in [1.82, 2.24) is 4.98 Å². The average Bonchev–Trinajstić information content (AvgIpc) is 2.35. The molecule has 1 atom stereocenters. The van der Waals surface area contributed by atoms with Crippen LogP contribution >= 0.6 is 0 Å². The third-order valence-electron chi connectivity index (χ3n) is 2.75. The highest BCUT2D eigenvalue weighted by Crippen LogP contribution is 2.13. The summed E-state index contributed by atoms with van der Waals surface area (Å²) in [6.45, 7) is 3.51. The molecule has 0 aliphatic carbocycles. The van der Waals surface area contributed by atoms with E-state index in [0.717, 1.165) is 0 Å². The fourth-order valence-corrected chi connectivity index (χ4v) is 1.73. The van der Waals surface area contributed by atoms with E-state index < -0.39 is 17.6 Å². The topological polar surface area (TPSA) is 92.4 Å². The number of rotatable bonds is 4. The molecule has 0 bridgehead atoms. The van der Waals surface area contributed by atoms with Gasteiger partial charge in [-0.15, -0.1) is 0 Å². The molecule has 6 nitrogen and oxygen atoms in total. The van der Waals surface area contributed by atoms with Crippen molar-refractivity contribution in [2.45, 2.75) is 19.9 Å². The van der Waals surface area contributed by atoms with Gasteiger partial charge in [-0.3, -0.25) is 0 Å². The van der Waals surface area contributed by atoms with E-state index in [-0.39, 0.29) is 11.9 Å². The number of hydrogen-bond acceptors (Lipinski definition) is 5. The summed E-state index contributed by atoms with van der Waals surface area (Å²) < 4.78 is 4.98. The third-order valence-corrected chi connectivity index (χ3v) is 2.75. The maximum Gasteiger partial charge on any atom is 0.348 e. The molecule has 19 heavy (non-hydrogen) atoms. The van der Waals surface area contributed by atoms with Gasteiger partial charge in [-0.1, -0.05) is 26.0 Å². The first-order valence-corrected chi connectivity index (χ1v) is 5.88. The third kappa shape index (κ3) is 2.73. The van der Waals surface area contributed by atoms with Gasteiger partial charge >= 0.3 is 11.6 Å². The predicted molar refractivity (Wildman–Crippen MR) is 70.2 cm³/mol. The minimum atomic E-state index is -1.02. The van der Waals surface area contributed by atoms with Crippen molar-refractivity contribution >= 4 is 22.9 Å². The molecule has 2 rings (SSSR count). The normalized spacial score (nSPS) is 12.6. The molecule has 0 spiro atoms. The summed E-state index contributed by atoms with van der Waals surface area (Å²) in [5.41, 5.74) is -0.0739. The number of anilines is 1. The Kier molecular flexibility index (Phi) is 3.50. The number of fused-ring (bicyclic) bond motifs is 1. The number of aromatic nitrogens is 1. The van der Waals surface area contributed by atoms with Gasteiger partial charge in [0.25, 0.3) is 6.01 Å². The summed E-state index contributed by atoms with van der Waals surface area (Å²) in [5.74, 6) is -1.19. The number of para-hydroxylation sites is 1. The Morgan fingerprint density at radius 3 is 2.68 bits per heavy atom. The Labute approximate surface area is 109 Å². The summed E-state index contributed by atoms with van der Waals surface area (Å²) in [5, 5.41) is 12.1. The predicted octanol–water partition coefficient (Wildman–Crippen LogP) is 1.71. The van der Waals surface area contributed by atoms with Crippen molar-refractivity contribution < 1.29 is 14.3 Å². The zero-order valence-corrected chi connectivity index (χ0v) is 10.6. The van der Waals surface area contributed by atoms with Gasteiger partial charge < -0.3 is 14.8 Å². The molecule has 100 valence electrons. The molecule has 0 fully saturated rings. The van der Waals surface area contributed by atoms with E-state index in [2.05, 4.69) is 10.3 Å². The van der Waals surface area contributed by atoms with Crippen molar-refractivity contribution in [3.8, 4) is 0 Å². The van der Waals surface area contributed by atoms with E-state index >= 15 is 0 Å². The van der Waals surface area contributed by atoms with Gasteiger partial charge in [0.05, 0.1) is 10.9 Å². The molecule has 0 amide bonds. The highest BCUT2D eigenvalue weighted by molar-refractivity contribution is 5.79. The molecular weight excluding hydrogens is 248 g/mol. The van der Waals surface area contributed by atoms with Crippen LogP contribution in [-0.4, -0.2) is 22.1 Å². The SMILES string of the molecule is CC(C)C(Nc1nc2ccccc2c(=O)o1)C(=O)O. The van der Waals surface area contributed by atoms with E-state index in [9.17, 15) is 9.59 Å². The van der Waals surface area contributed by atoms with Gasteiger partial charge in [0.15, 0.2) is 0 Å². The standard InChI is InChI=1S/C13H14N2O4/c1-7(2)10(11(16)17)15-13-14-9-6-4-3-5-8(9)12(18)19-13/h3-7,10H,1-2H3,(H,14,15)(H,16,17). The van der Waals surface area contributed by atoms with Crippen LogP contribution in [0.25, 0.3) is 10.9 Å². The molecule has 0 saturated heterocycles. The van der Waals surface area contributed by atoms with Crippen LogP contribution in [0.5, 0.6) is 0 Å². The molecule has 0 saturated carbocycles. The van der Waals surface area contributed by atoms with Crippen LogP contribution in [0.4, 0.5) is 6.01 Å². The molecule has 0 radical (unpaired) electrons. The Hall–Kier alpha value is -2.37. The smallest absolute Gasteiger partial charge is 0.348 e. The second kappa shape index (κ2) is 5.09. The highest BCUT2D eigenvalue weighted by atomic mass is 16.4. The van der Waals surface area contributed by atoms with Gasteiger partial charge in [0.1, 0.15) is 6.04 Å². The maximum atomic E-state index is 11.7. The molecule has 0 aliphatic rings. The number of benzene rings is 1. The number of nitrogens with zero attached hydrogens (tertiary/aromatic N) is 1. The van der Waals surface area contributed by atoms with Crippen LogP contribution in [0, 0.1) is 5.92 Å². The van der Waals surface area contributed by atoms with Crippen molar-refractivity contribution in [2.75, 3.05) is 5.32 Å². The van der Waals surface area contributed by atoms with Gasteiger partial charge in [-0.25, -0.2) is 9.59 Å². The fourth-order valence-electron chi connectivity index (χ4n) is 1.73. The largest absolute Gasteiger partial charge is 0.480 e. The van der Waals surface area contributed by atoms with E-state index in [1.807, 2.05) is 0 Å². The number of hydrogen-bond donors (Lipinski definition) is 2. The highest BCUT2D eigenvalue weighted by Gasteiger charge is 2.23. The first-order chi connectivity index (χ1) is 8.99. The lowest BCUT2D eigenvalue weighted by atomic mass is 10.1. The summed E-state index contributed by atoms with van der Waals surface area (Å²) in [6, 6.07) is 5.79. The number of aliphatic carboxylic acids is 1. The molecule has 2 aromatic rings. The van der Waals surface area contributed by atoms with Crippen LogP contribution in [0.15, 0.2) is 33.5 Å². The molecule has 1 heterocycles. The second-order valence-electron chi connectivity index (χ2n) is 4.53. The zero-order chi connectivity index (χ0) is 14.0. The zero-order valence-electron chi connectivity index (χ0n) is 10.6. The number of carboxylic acids is 1. The minimum Gasteiger partial charge on any atom is -0.480 e. The molecule has 2 N–H and O–H groups in total. The summed E-state index contributed by atoms with van der Waals surface area (Å²) in [4.78, 5) is 26.9. The number of carbonyl (C=O) groups is 1. The van der Waals surface area contributed by atoms with Crippen LogP contribution < -0.4 is 10.9 Å². The van der Waals surface area contributed by atoms with Crippen LogP contribution in [0.2, 0.25) is 0 Å². The van der Waals surface area contributed by atoms with Crippen molar-refractivity contribution in [2.24, 2.45) is 5.92 Å². The molecule has 6 heteroatoms. The van der Waals surface area contributed by atoms with E-state index in [4.69, 9.17) is 9.52 Å². The quantitative estimate of drug-likeness (QED) is 0.871. The Morgan fingerprint density at radius 2 is 2.05 bits per heavy atom. The monoisotopic (exact) mass is 262 g/mol. The van der Waals surface area contributed by atoms with Crippen LogP contribution in [0.1, 0.15) is 13.8 Å². The van der Waals surface area contributed by atoms with E-state index in [0.29, 0.717) is 10.9 Å².